The molecule has 1 saturated carbocycles. The number of hydrogen-bond acceptors (Lipinski definition) is 6. The van der Waals surface area contributed by atoms with Gasteiger partial charge in [0.15, 0.2) is 0 Å². The summed E-state index contributed by atoms with van der Waals surface area (Å²) in [7, 11) is 1.75. The Morgan fingerprint density at radius 2 is 2.17 bits per heavy atom. The zero-order chi connectivity index (χ0) is 21.9. The topological polar surface area (TPSA) is 110 Å². The summed E-state index contributed by atoms with van der Waals surface area (Å²) in [5.74, 6) is 2.03. The Balaban J connectivity index is 1.80. The number of nitrogens with two attached hydrogens (primary N) is 2. The number of ether oxygens (including phenoxy) is 2. The van der Waals surface area contributed by atoms with Crippen molar-refractivity contribution in [2.45, 2.75) is 51.7 Å². The highest BCUT2D eigenvalue weighted by Crippen LogP contribution is 2.40. The normalized spacial score (nSPS) is 21.6. The smallest absolute Gasteiger partial charge is 0.125 e. The quantitative estimate of drug-likeness (QED) is 0.361. The van der Waals surface area contributed by atoms with E-state index in [1.807, 2.05) is 6.07 Å². The molecule has 1 aliphatic carbocycles. The van der Waals surface area contributed by atoms with Crippen molar-refractivity contribution in [1.29, 1.82) is 5.41 Å². The fraction of sp³-hybridized carbons (Fsp3) is 0.565. The molecule has 7 nitrogen and oxygen atoms in total. The minimum atomic E-state index is -0.0965. The van der Waals surface area contributed by atoms with E-state index >= 15 is 0 Å². The van der Waals surface area contributed by atoms with Crippen LogP contribution in [0.4, 0.5) is 5.69 Å². The van der Waals surface area contributed by atoms with Gasteiger partial charge in [-0.05, 0) is 50.3 Å². The number of aliphatic imine (C=N–C) groups is 1. The maximum Gasteiger partial charge on any atom is 0.125 e. The van der Waals surface area contributed by atoms with Crippen molar-refractivity contribution in [2.75, 3.05) is 32.5 Å². The van der Waals surface area contributed by atoms with Crippen molar-refractivity contribution < 1.29 is 9.47 Å². The minimum Gasteiger partial charge on any atom is -0.488 e. The second kappa shape index (κ2) is 9.08. The van der Waals surface area contributed by atoms with Crippen molar-refractivity contribution in [3.05, 3.63) is 35.5 Å². The monoisotopic (exact) mass is 413 g/mol. The van der Waals surface area contributed by atoms with Crippen LogP contribution in [0.2, 0.25) is 0 Å². The first-order valence-corrected chi connectivity index (χ1v) is 10.7. The molecule has 164 valence electrons. The van der Waals surface area contributed by atoms with Gasteiger partial charge in [0.25, 0.3) is 0 Å². The predicted octanol–water partition coefficient (Wildman–Crippen LogP) is 3.19. The van der Waals surface area contributed by atoms with Crippen molar-refractivity contribution >= 4 is 17.2 Å². The molecule has 1 unspecified atom stereocenters. The number of amidine groups is 1. The van der Waals surface area contributed by atoms with Gasteiger partial charge in [0.1, 0.15) is 17.2 Å². The number of benzene rings is 1. The zero-order valence-electron chi connectivity index (χ0n) is 18.6. The highest BCUT2D eigenvalue weighted by Gasteiger charge is 2.40. The summed E-state index contributed by atoms with van der Waals surface area (Å²) in [4.78, 5) is 6.70. The third-order valence-electron chi connectivity index (χ3n) is 5.68. The summed E-state index contributed by atoms with van der Waals surface area (Å²) < 4.78 is 11.7. The zero-order valence-corrected chi connectivity index (χ0v) is 18.6. The average molecular weight is 414 g/mol. The average Bonchev–Trinajstić information content (AvgIpc) is 3.43. The van der Waals surface area contributed by atoms with Crippen LogP contribution in [0.5, 0.6) is 5.75 Å². The van der Waals surface area contributed by atoms with Crippen LogP contribution >= 0.6 is 0 Å². The molecule has 1 saturated heterocycles. The van der Waals surface area contributed by atoms with Crippen LogP contribution < -0.4 is 16.2 Å². The van der Waals surface area contributed by atoms with E-state index < -0.39 is 0 Å². The molecule has 0 spiro atoms. The van der Waals surface area contributed by atoms with Crippen LogP contribution in [-0.2, 0) is 4.74 Å². The molecule has 1 aromatic carbocycles. The van der Waals surface area contributed by atoms with Crippen LogP contribution in [0.15, 0.2) is 35.0 Å². The third-order valence-corrected chi connectivity index (χ3v) is 5.68. The number of nitrogens with one attached hydrogen (secondary N) is 1. The molecule has 1 heterocycles. The Kier molecular flexibility index (Phi) is 6.71. The van der Waals surface area contributed by atoms with Crippen LogP contribution in [0.1, 0.15) is 45.6 Å². The number of nitrogen functional groups attached to an aromatic ring is 1. The maximum absolute atomic E-state index is 8.64. The van der Waals surface area contributed by atoms with Gasteiger partial charge in [0.05, 0.1) is 30.7 Å². The molecule has 0 radical (unpaired) electrons. The van der Waals surface area contributed by atoms with Crippen LogP contribution in [-0.4, -0.2) is 54.9 Å². The van der Waals surface area contributed by atoms with Gasteiger partial charge in [-0.3, -0.25) is 10.4 Å². The first kappa shape index (κ1) is 22.2. The predicted molar refractivity (Wildman–Crippen MR) is 122 cm³/mol. The largest absolute Gasteiger partial charge is 0.488 e. The van der Waals surface area contributed by atoms with Gasteiger partial charge in [-0.25, -0.2) is 0 Å². The fourth-order valence-corrected chi connectivity index (χ4v) is 3.72. The van der Waals surface area contributed by atoms with E-state index in [1.165, 1.54) is 0 Å². The summed E-state index contributed by atoms with van der Waals surface area (Å²) in [6.45, 7) is 8.58. The summed E-state index contributed by atoms with van der Waals surface area (Å²) in [5.41, 5.74) is 14.0. The lowest BCUT2D eigenvalue weighted by Crippen LogP contribution is -2.49. The van der Waals surface area contributed by atoms with Gasteiger partial charge in [-0.1, -0.05) is 13.8 Å². The molecular weight excluding hydrogens is 378 g/mol. The van der Waals surface area contributed by atoms with Crippen molar-refractivity contribution in [1.82, 2.24) is 4.90 Å². The summed E-state index contributed by atoms with van der Waals surface area (Å²) in [5, 5.41) is 8.64. The highest BCUT2D eigenvalue weighted by molar-refractivity contribution is 6.15. The van der Waals surface area contributed by atoms with Crippen molar-refractivity contribution in [3.8, 4) is 5.75 Å². The fourth-order valence-electron chi connectivity index (χ4n) is 3.72. The van der Waals surface area contributed by atoms with Gasteiger partial charge in [0, 0.05) is 30.9 Å². The molecule has 3 rings (SSSR count). The molecule has 1 atom stereocenters. The molecule has 0 aromatic heterocycles. The van der Waals surface area contributed by atoms with Gasteiger partial charge in [-0.2, -0.15) is 0 Å². The second-order valence-corrected chi connectivity index (χ2v) is 8.91. The summed E-state index contributed by atoms with van der Waals surface area (Å²) >= 11 is 0. The molecule has 30 heavy (non-hydrogen) atoms. The maximum atomic E-state index is 8.64. The summed E-state index contributed by atoms with van der Waals surface area (Å²) in [6.07, 6.45) is 4.87. The lowest BCUT2D eigenvalue weighted by molar-refractivity contribution is 0.0195. The van der Waals surface area contributed by atoms with E-state index in [-0.39, 0.29) is 17.4 Å². The van der Waals surface area contributed by atoms with E-state index in [2.05, 4.69) is 30.7 Å². The third kappa shape index (κ3) is 5.33. The van der Waals surface area contributed by atoms with Gasteiger partial charge < -0.3 is 25.8 Å². The molecule has 1 aromatic rings. The molecule has 0 amide bonds. The lowest BCUT2D eigenvalue weighted by atomic mass is 10.0. The molecule has 5 N–H and O–H groups in total. The Hall–Kier alpha value is -2.54. The number of nitrogens with zero attached hydrogens (tertiary/aromatic N) is 2. The second-order valence-electron chi connectivity index (χ2n) is 8.91. The Bertz CT molecular complexity index is 842. The van der Waals surface area contributed by atoms with E-state index in [0.29, 0.717) is 41.8 Å². The standard InChI is InChI=1S/C23H35N5O2/c1-15(2)11-16-14-29-10-9-28(16)21(27-4)13-20(25)22(26)18-12-17(5-6-19(18)24)30-23(3)7-8-23/h5-6,12-13,15-16,26H,7-11,14,24-25H2,1-4H3. The van der Waals surface area contributed by atoms with Gasteiger partial charge in [0.2, 0.25) is 0 Å². The molecule has 2 fully saturated rings. The van der Waals surface area contributed by atoms with E-state index in [1.54, 1.807) is 25.3 Å². The Morgan fingerprint density at radius 3 is 2.80 bits per heavy atom. The highest BCUT2D eigenvalue weighted by atomic mass is 16.5. The first-order valence-electron chi connectivity index (χ1n) is 10.7. The lowest BCUT2D eigenvalue weighted by Gasteiger charge is -2.38. The SMILES string of the molecule is CN=C(C=C(N)C(=N)c1cc(OC2(C)CC2)ccc1N)N1CCOCC1CC(C)C. The van der Waals surface area contributed by atoms with Gasteiger partial charge >= 0.3 is 0 Å². The first-order chi connectivity index (χ1) is 14.2. The van der Waals surface area contributed by atoms with Crippen molar-refractivity contribution in [2.24, 2.45) is 16.6 Å². The summed E-state index contributed by atoms with van der Waals surface area (Å²) in [6, 6.07) is 5.67. The molecule has 7 heteroatoms. The molecule has 0 bridgehead atoms. The number of rotatable bonds is 7. The minimum absolute atomic E-state index is 0.0965. The number of hydrogen-bond donors (Lipinski definition) is 3. The van der Waals surface area contributed by atoms with Crippen LogP contribution in [0, 0.1) is 11.3 Å². The van der Waals surface area contributed by atoms with E-state index in [0.717, 1.165) is 31.6 Å². The van der Waals surface area contributed by atoms with Gasteiger partial charge in [-0.15, -0.1) is 0 Å². The number of morpholine rings is 1. The molecule has 1 aliphatic heterocycles. The van der Waals surface area contributed by atoms with E-state index in [4.69, 9.17) is 26.4 Å². The molecule has 2 aliphatic rings. The Labute approximate surface area is 179 Å². The van der Waals surface area contributed by atoms with Crippen LogP contribution in [0.25, 0.3) is 0 Å². The van der Waals surface area contributed by atoms with Crippen molar-refractivity contribution in [3.63, 3.8) is 0 Å². The Morgan fingerprint density at radius 1 is 1.43 bits per heavy atom. The number of anilines is 1. The molecular formula is C23H35N5O2. The number of allylic oxidation sites excluding steroid dienone is 1. The van der Waals surface area contributed by atoms with Crippen LogP contribution in [0.3, 0.4) is 0 Å². The van der Waals surface area contributed by atoms with E-state index in [9.17, 15) is 0 Å².